The lowest BCUT2D eigenvalue weighted by molar-refractivity contribution is -0.145. The summed E-state index contributed by atoms with van der Waals surface area (Å²) in [5.41, 5.74) is 0. The zero-order valence-corrected chi connectivity index (χ0v) is 14.6. The van der Waals surface area contributed by atoms with Gasteiger partial charge in [-0.05, 0) is 37.6 Å². The highest BCUT2D eigenvalue weighted by atomic mass is 79.9. The summed E-state index contributed by atoms with van der Waals surface area (Å²) in [7, 11) is 0. The highest BCUT2D eigenvalue weighted by Crippen LogP contribution is 2.21. The van der Waals surface area contributed by atoms with Gasteiger partial charge in [0, 0.05) is 21.2 Å². The molecule has 0 aliphatic rings. The first-order valence-corrected chi connectivity index (χ1v) is 8.61. The average Bonchev–Trinajstić information content (AvgIpc) is 2.39. The molecule has 0 spiro atoms. The van der Waals surface area contributed by atoms with Crippen LogP contribution >= 0.6 is 27.7 Å². The molecule has 1 aromatic carbocycles. The lowest BCUT2D eigenvalue weighted by Gasteiger charge is -2.19. The van der Waals surface area contributed by atoms with Gasteiger partial charge >= 0.3 is 5.97 Å². The van der Waals surface area contributed by atoms with Crippen LogP contribution in [0.1, 0.15) is 27.2 Å². The molecule has 1 aromatic rings. The molecule has 0 fully saturated rings. The van der Waals surface area contributed by atoms with Gasteiger partial charge in [0.25, 0.3) is 0 Å². The van der Waals surface area contributed by atoms with Crippen molar-refractivity contribution in [1.29, 1.82) is 0 Å². The lowest BCUT2D eigenvalue weighted by Crippen LogP contribution is -2.42. The van der Waals surface area contributed by atoms with Gasteiger partial charge in [0.1, 0.15) is 6.04 Å². The number of ether oxygens (including phenoxy) is 1. The molecular weight excluding hydrogens is 338 g/mol. The van der Waals surface area contributed by atoms with Gasteiger partial charge in [-0.25, -0.2) is 0 Å². The van der Waals surface area contributed by atoms with Crippen LogP contribution in [0.4, 0.5) is 0 Å². The Hall–Kier alpha value is -0.520. The molecule has 0 saturated carbocycles. The number of halogens is 1. The van der Waals surface area contributed by atoms with Crippen LogP contribution in [-0.4, -0.2) is 30.4 Å². The number of hydrogen-bond donors (Lipinski definition) is 1. The average molecular weight is 360 g/mol. The van der Waals surface area contributed by atoms with Gasteiger partial charge < -0.3 is 10.1 Å². The van der Waals surface area contributed by atoms with Gasteiger partial charge in [-0.2, -0.15) is 0 Å². The molecule has 1 atom stereocenters. The monoisotopic (exact) mass is 359 g/mol. The topological polar surface area (TPSA) is 38.3 Å². The van der Waals surface area contributed by atoms with Crippen LogP contribution in [0, 0.1) is 0 Å². The summed E-state index contributed by atoms with van der Waals surface area (Å²) < 4.78 is 6.18. The minimum atomic E-state index is -0.224. The van der Waals surface area contributed by atoms with E-state index in [1.165, 1.54) is 4.90 Å². The molecule has 1 unspecified atom stereocenters. The summed E-state index contributed by atoms with van der Waals surface area (Å²) in [4.78, 5) is 13.1. The molecule has 0 saturated heterocycles. The SMILES string of the molecule is CCOC(=O)C(CCSc1ccc(Br)cc1)NC(C)C. The van der Waals surface area contributed by atoms with Crippen molar-refractivity contribution in [3.8, 4) is 0 Å². The van der Waals surface area contributed by atoms with Crippen molar-refractivity contribution in [3.05, 3.63) is 28.7 Å². The van der Waals surface area contributed by atoms with Crippen LogP contribution in [-0.2, 0) is 9.53 Å². The quantitative estimate of drug-likeness (QED) is 0.564. The van der Waals surface area contributed by atoms with E-state index in [1.807, 2.05) is 32.9 Å². The Morgan fingerprint density at radius 3 is 2.55 bits per heavy atom. The van der Waals surface area contributed by atoms with E-state index >= 15 is 0 Å². The molecule has 1 N–H and O–H groups in total. The third-order valence-electron chi connectivity index (χ3n) is 2.59. The lowest BCUT2D eigenvalue weighted by atomic mass is 10.2. The van der Waals surface area contributed by atoms with Crippen molar-refractivity contribution in [2.75, 3.05) is 12.4 Å². The molecule has 3 nitrogen and oxygen atoms in total. The molecule has 0 radical (unpaired) electrons. The summed E-state index contributed by atoms with van der Waals surface area (Å²) >= 11 is 5.17. The molecule has 0 bridgehead atoms. The Labute approximate surface area is 134 Å². The zero-order chi connectivity index (χ0) is 15.0. The third kappa shape index (κ3) is 6.77. The maximum atomic E-state index is 11.9. The number of hydrogen-bond acceptors (Lipinski definition) is 4. The second-order valence-electron chi connectivity index (χ2n) is 4.72. The summed E-state index contributed by atoms with van der Waals surface area (Å²) in [5, 5.41) is 3.26. The Morgan fingerprint density at radius 1 is 1.35 bits per heavy atom. The van der Waals surface area contributed by atoms with Gasteiger partial charge in [-0.15, -0.1) is 11.8 Å². The van der Waals surface area contributed by atoms with Crippen molar-refractivity contribution in [3.63, 3.8) is 0 Å². The van der Waals surface area contributed by atoms with Crippen molar-refractivity contribution >= 4 is 33.7 Å². The molecule has 0 amide bonds. The van der Waals surface area contributed by atoms with Crippen LogP contribution in [0.25, 0.3) is 0 Å². The predicted molar refractivity (Wildman–Crippen MR) is 88.2 cm³/mol. The second kappa shape index (κ2) is 9.42. The Kier molecular flexibility index (Phi) is 8.26. The molecule has 0 heterocycles. The van der Waals surface area contributed by atoms with Crippen molar-refractivity contribution in [2.45, 2.75) is 44.2 Å². The number of nitrogens with one attached hydrogen (secondary N) is 1. The molecular formula is C15H22BrNO2S. The number of carbonyl (C=O) groups excluding carboxylic acids is 1. The van der Waals surface area contributed by atoms with Crippen molar-refractivity contribution in [1.82, 2.24) is 5.32 Å². The largest absolute Gasteiger partial charge is 0.465 e. The predicted octanol–water partition coefficient (Wildman–Crippen LogP) is 3.86. The highest BCUT2D eigenvalue weighted by Gasteiger charge is 2.19. The first-order valence-electron chi connectivity index (χ1n) is 6.84. The van der Waals surface area contributed by atoms with E-state index in [-0.39, 0.29) is 18.1 Å². The molecule has 0 aromatic heterocycles. The maximum Gasteiger partial charge on any atom is 0.323 e. The summed E-state index contributed by atoms with van der Waals surface area (Å²) in [6, 6.07) is 8.24. The standard InChI is InChI=1S/C15H22BrNO2S/c1-4-19-15(18)14(17-11(2)3)9-10-20-13-7-5-12(16)6-8-13/h5-8,11,14,17H,4,9-10H2,1-3H3. The van der Waals surface area contributed by atoms with Gasteiger partial charge in [0.05, 0.1) is 6.61 Å². The normalized spacial score (nSPS) is 12.4. The number of thioether (sulfide) groups is 1. The minimum absolute atomic E-state index is 0.155. The van der Waals surface area contributed by atoms with Crippen LogP contribution in [0.5, 0.6) is 0 Å². The van der Waals surface area contributed by atoms with Gasteiger partial charge in [-0.1, -0.05) is 29.8 Å². The van der Waals surface area contributed by atoms with E-state index < -0.39 is 0 Å². The first-order chi connectivity index (χ1) is 9.52. The zero-order valence-electron chi connectivity index (χ0n) is 12.2. The number of benzene rings is 1. The summed E-state index contributed by atoms with van der Waals surface area (Å²) in [6.45, 7) is 6.33. The van der Waals surface area contributed by atoms with E-state index in [2.05, 4.69) is 33.4 Å². The molecule has 0 aliphatic heterocycles. The fraction of sp³-hybridized carbons (Fsp3) is 0.533. The van der Waals surface area contributed by atoms with E-state index in [9.17, 15) is 4.79 Å². The fourth-order valence-electron chi connectivity index (χ4n) is 1.74. The molecule has 20 heavy (non-hydrogen) atoms. The summed E-state index contributed by atoms with van der Waals surface area (Å²) in [5.74, 6) is 0.725. The Morgan fingerprint density at radius 2 is 2.00 bits per heavy atom. The molecule has 112 valence electrons. The van der Waals surface area contributed by atoms with Gasteiger partial charge in [0.15, 0.2) is 0 Å². The molecule has 1 rings (SSSR count). The van der Waals surface area contributed by atoms with Gasteiger partial charge in [0.2, 0.25) is 0 Å². The second-order valence-corrected chi connectivity index (χ2v) is 6.80. The number of esters is 1. The van der Waals surface area contributed by atoms with Crippen molar-refractivity contribution in [2.24, 2.45) is 0 Å². The van der Waals surface area contributed by atoms with Crippen molar-refractivity contribution < 1.29 is 9.53 Å². The summed E-state index contributed by atoms with van der Waals surface area (Å²) in [6.07, 6.45) is 0.762. The third-order valence-corrected chi connectivity index (χ3v) is 4.17. The maximum absolute atomic E-state index is 11.9. The molecule has 0 aliphatic carbocycles. The van der Waals surface area contributed by atoms with E-state index in [0.29, 0.717) is 6.61 Å². The molecule has 5 heteroatoms. The van der Waals surface area contributed by atoms with Gasteiger partial charge in [-0.3, -0.25) is 4.79 Å². The number of rotatable bonds is 8. The van der Waals surface area contributed by atoms with Crippen LogP contribution < -0.4 is 5.32 Å². The smallest absolute Gasteiger partial charge is 0.323 e. The van der Waals surface area contributed by atoms with Crippen LogP contribution in [0.2, 0.25) is 0 Å². The van der Waals surface area contributed by atoms with E-state index in [0.717, 1.165) is 16.6 Å². The first kappa shape index (κ1) is 17.5. The van der Waals surface area contributed by atoms with Crippen LogP contribution in [0.15, 0.2) is 33.6 Å². The number of carbonyl (C=O) groups is 1. The minimum Gasteiger partial charge on any atom is -0.465 e. The van der Waals surface area contributed by atoms with E-state index in [1.54, 1.807) is 11.8 Å². The Bertz CT molecular complexity index is 409. The van der Waals surface area contributed by atoms with E-state index in [4.69, 9.17) is 4.74 Å². The van der Waals surface area contributed by atoms with Crippen LogP contribution in [0.3, 0.4) is 0 Å². The fourth-order valence-corrected chi connectivity index (χ4v) is 2.92. The highest BCUT2D eigenvalue weighted by molar-refractivity contribution is 9.10. The Balaban J connectivity index is 2.45.